The van der Waals surface area contributed by atoms with Crippen LogP contribution in [0.3, 0.4) is 0 Å². The Morgan fingerprint density at radius 1 is 1.17 bits per heavy atom. The van der Waals surface area contributed by atoms with Crippen molar-refractivity contribution in [3.05, 3.63) is 39.4 Å². The number of benzene rings is 1. The smallest absolute Gasteiger partial charge is 0.336 e. The van der Waals surface area contributed by atoms with Gasteiger partial charge in [0.15, 0.2) is 5.79 Å². The van der Waals surface area contributed by atoms with Crippen LogP contribution in [0.15, 0.2) is 18.2 Å². The molecule has 0 saturated carbocycles. The standard InChI is InChI=1S/C15H16N2O7/c18-13(16-5-3-15(4-6-16)23-7-8-24-15)12-9-10(17(21)22)1-2-11(12)14(19)20/h1-2,9H,3-8H2,(H,19,20). The van der Waals surface area contributed by atoms with E-state index in [0.29, 0.717) is 39.1 Å². The summed E-state index contributed by atoms with van der Waals surface area (Å²) in [6.07, 6.45) is 0.964. The molecule has 0 aliphatic carbocycles. The minimum Gasteiger partial charge on any atom is -0.478 e. The van der Waals surface area contributed by atoms with Gasteiger partial charge in [-0.15, -0.1) is 0 Å². The summed E-state index contributed by atoms with van der Waals surface area (Å²) >= 11 is 0. The molecule has 24 heavy (non-hydrogen) atoms. The number of hydrogen-bond acceptors (Lipinski definition) is 6. The zero-order chi connectivity index (χ0) is 17.3. The Balaban J connectivity index is 1.83. The first kappa shape index (κ1) is 16.3. The minimum atomic E-state index is -1.30. The van der Waals surface area contributed by atoms with Crippen molar-refractivity contribution in [2.45, 2.75) is 18.6 Å². The lowest BCUT2D eigenvalue weighted by Gasteiger charge is -2.37. The van der Waals surface area contributed by atoms with Crippen LogP contribution in [0.1, 0.15) is 33.6 Å². The lowest BCUT2D eigenvalue weighted by molar-refractivity contribution is -0.384. The van der Waals surface area contributed by atoms with Gasteiger partial charge in [0.05, 0.1) is 29.3 Å². The third-order valence-electron chi connectivity index (χ3n) is 4.30. The van der Waals surface area contributed by atoms with Crippen LogP contribution < -0.4 is 0 Å². The van der Waals surface area contributed by atoms with E-state index in [1.165, 1.54) is 4.90 Å². The number of rotatable bonds is 3. The third-order valence-corrected chi connectivity index (χ3v) is 4.30. The molecule has 0 unspecified atom stereocenters. The number of carboxylic acids is 1. The number of carbonyl (C=O) groups is 2. The van der Waals surface area contributed by atoms with Gasteiger partial charge in [-0.2, -0.15) is 0 Å². The van der Waals surface area contributed by atoms with Crippen LogP contribution in [-0.2, 0) is 9.47 Å². The number of ether oxygens (including phenoxy) is 2. The van der Waals surface area contributed by atoms with Crippen LogP contribution in [0.25, 0.3) is 0 Å². The zero-order valence-electron chi connectivity index (χ0n) is 12.8. The second-order valence-corrected chi connectivity index (χ2v) is 5.69. The lowest BCUT2D eigenvalue weighted by atomic mass is 10.0. The number of likely N-dealkylation sites (tertiary alicyclic amines) is 1. The molecule has 1 spiro atoms. The predicted molar refractivity (Wildman–Crippen MR) is 79.8 cm³/mol. The van der Waals surface area contributed by atoms with Gasteiger partial charge in [0, 0.05) is 38.1 Å². The first-order valence-corrected chi connectivity index (χ1v) is 7.51. The fraction of sp³-hybridized carbons (Fsp3) is 0.467. The number of non-ortho nitro benzene ring substituents is 1. The van der Waals surface area contributed by atoms with Gasteiger partial charge < -0.3 is 19.5 Å². The summed E-state index contributed by atoms with van der Waals surface area (Å²) in [6, 6.07) is 3.17. The lowest BCUT2D eigenvalue weighted by Crippen LogP contribution is -2.47. The molecule has 3 rings (SSSR count). The van der Waals surface area contributed by atoms with Gasteiger partial charge in [-0.25, -0.2) is 4.79 Å². The highest BCUT2D eigenvalue weighted by Gasteiger charge is 2.41. The Bertz CT molecular complexity index is 687. The molecule has 2 heterocycles. The Hall–Kier alpha value is -2.52. The summed E-state index contributed by atoms with van der Waals surface area (Å²) in [5, 5.41) is 20.1. The van der Waals surface area contributed by atoms with E-state index >= 15 is 0 Å². The first-order chi connectivity index (χ1) is 11.4. The second-order valence-electron chi connectivity index (χ2n) is 5.69. The predicted octanol–water partition coefficient (Wildman–Crippen LogP) is 1.27. The van der Waals surface area contributed by atoms with Crippen LogP contribution in [0.2, 0.25) is 0 Å². The van der Waals surface area contributed by atoms with E-state index in [-0.39, 0.29) is 16.8 Å². The van der Waals surface area contributed by atoms with Gasteiger partial charge in [-0.1, -0.05) is 0 Å². The summed E-state index contributed by atoms with van der Waals surface area (Å²) < 4.78 is 11.2. The van der Waals surface area contributed by atoms with Crippen LogP contribution in [0.4, 0.5) is 5.69 Å². The summed E-state index contributed by atoms with van der Waals surface area (Å²) in [5.74, 6) is -2.50. The Morgan fingerprint density at radius 3 is 2.33 bits per heavy atom. The monoisotopic (exact) mass is 336 g/mol. The molecule has 0 atom stereocenters. The number of hydrogen-bond donors (Lipinski definition) is 1. The molecule has 1 amide bonds. The molecule has 1 N–H and O–H groups in total. The number of amides is 1. The molecule has 0 bridgehead atoms. The Labute approximate surface area is 136 Å². The van der Waals surface area contributed by atoms with Crippen LogP contribution in [0.5, 0.6) is 0 Å². The van der Waals surface area contributed by atoms with Crippen molar-refractivity contribution in [2.75, 3.05) is 26.3 Å². The van der Waals surface area contributed by atoms with Gasteiger partial charge in [-0.05, 0) is 6.07 Å². The molecule has 128 valence electrons. The largest absolute Gasteiger partial charge is 0.478 e. The quantitative estimate of drug-likeness (QED) is 0.652. The molecule has 1 aromatic rings. The Kier molecular flexibility index (Phi) is 4.20. The normalized spacial score (nSPS) is 19.4. The van der Waals surface area contributed by atoms with E-state index in [1.807, 2.05) is 0 Å². The molecule has 9 nitrogen and oxygen atoms in total. The minimum absolute atomic E-state index is 0.180. The number of nitro groups is 1. The van der Waals surface area contributed by atoms with Crippen molar-refractivity contribution in [3.63, 3.8) is 0 Å². The molecule has 2 fully saturated rings. The zero-order valence-corrected chi connectivity index (χ0v) is 12.8. The van der Waals surface area contributed by atoms with E-state index in [1.54, 1.807) is 0 Å². The molecular weight excluding hydrogens is 320 g/mol. The number of carboxylic acid groups (broad SMARTS) is 1. The third kappa shape index (κ3) is 2.95. The summed E-state index contributed by atoms with van der Waals surface area (Å²) in [4.78, 5) is 35.7. The van der Waals surface area contributed by atoms with Gasteiger partial charge >= 0.3 is 5.97 Å². The highest BCUT2D eigenvalue weighted by atomic mass is 16.7. The number of carbonyl (C=O) groups excluding carboxylic acids is 1. The molecule has 2 aliphatic rings. The van der Waals surface area contributed by atoms with Gasteiger partial charge in [0.2, 0.25) is 0 Å². The maximum atomic E-state index is 12.7. The average Bonchev–Trinajstić information content (AvgIpc) is 3.02. The second kappa shape index (κ2) is 6.17. The topological polar surface area (TPSA) is 119 Å². The highest BCUT2D eigenvalue weighted by molar-refractivity contribution is 6.05. The molecule has 2 aliphatic heterocycles. The average molecular weight is 336 g/mol. The van der Waals surface area contributed by atoms with E-state index in [0.717, 1.165) is 18.2 Å². The van der Waals surface area contributed by atoms with E-state index in [9.17, 15) is 24.8 Å². The maximum Gasteiger partial charge on any atom is 0.336 e. The van der Waals surface area contributed by atoms with E-state index < -0.39 is 22.6 Å². The van der Waals surface area contributed by atoms with Crippen LogP contribution in [0, 0.1) is 10.1 Å². The van der Waals surface area contributed by atoms with Crippen molar-refractivity contribution in [2.24, 2.45) is 0 Å². The van der Waals surface area contributed by atoms with Crippen molar-refractivity contribution < 1.29 is 29.1 Å². The van der Waals surface area contributed by atoms with Crippen molar-refractivity contribution in [1.82, 2.24) is 4.90 Å². The summed E-state index contributed by atoms with van der Waals surface area (Å²) in [6.45, 7) is 1.70. The first-order valence-electron chi connectivity index (χ1n) is 7.51. The fourth-order valence-electron chi connectivity index (χ4n) is 3.02. The number of nitrogens with zero attached hydrogens (tertiary/aromatic N) is 2. The van der Waals surface area contributed by atoms with E-state index in [2.05, 4.69) is 0 Å². The molecule has 0 aromatic heterocycles. The summed E-state index contributed by atoms with van der Waals surface area (Å²) in [7, 11) is 0. The van der Waals surface area contributed by atoms with Crippen LogP contribution >= 0.6 is 0 Å². The Morgan fingerprint density at radius 2 is 1.79 bits per heavy atom. The number of nitro benzene ring substituents is 1. The summed E-state index contributed by atoms with van der Waals surface area (Å²) in [5.41, 5.74) is -0.751. The van der Waals surface area contributed by atoms with Crippen LogP contribution in [-0.4, -0.2) is 58.9 Å². The molecule has 2 saturated heterocycles. The fourth-order valence-corrected chi connectivity index (χ4v) is 3.02. The van der Waals surface area contributed by atoms with Crippen molar-refractivity contribution >= 4 is 17.6 Å². The van der Waals surface area contributed by atoms with Crippen molar-refractivity contribution in [3.8, 4) is 0 Å². The van der Waals surface area contributed by atoms with Gasteiger partial charge in [-0.3, -0.25) is 14.9 Å². The number of piperidine rings is 1. The van der Waals surface area contributed by atoms with Crippen molar-refractivity contribution in [1.29, 1.82) is 0 Å². The highest BCUT2D eigenvalue weighted by Crippen LogP contribution is 2.32. The number of aromatic carboxylic acids is 1. The van der Waals surface area contributed by atoms with E-state index in [4.69, 9.17) is 9.47 Å². The molecular formula is C15H16N2O7. The SMILES string of the molecule is O=C(O)c1ccc([N+](=O)[O-])cc1C(=O)N1CCC2(CC1)OCCO2. The van der Waals surface area contributed by atoms with Gasteiger partial charge in [0.25, 0.3) is 11.6 Å². The maximum absolute atomic E-state index is 12.7. The molecule has 9 heteroatoms. The molecule has 0 radical (unpaired) electrons. The molecule has 1 aromatic carbocycles. The van der Waals surface area contributed by atoms with Gasteiger partial charge in [0.1, 0.15) is 0 Å².